The number of aliphatic hydroxyl groups is 1. The molecule has 176 valence electrons. The van der Waals surface area contributed by atoms with Gasteiger partial charge in [-0.25, -0.2) is 0 Å². The molecule has 0 saturated heterocycles. The van der Waals surface area contributed by atoms with Gasteiger partial charge in [-0.2, -0.15) is 13.2 Å². The van der Waals surface area contributed by atoms with Gasteiger partial charge in [-0.3, -0.25) is 0 Å². The fourth-order valence-corrected chi connectivity index (χ4v) is 3.64. The van der Waals surface area contributed by atoms with Crippen molar-refractivity contribution in [1.82, 2.24) is 0 Å². The molecule has 0 aliphatic rings. The molecule has 2 aromatic carbocycles. The summed E-state index contributed by atoms with van der Waals surface area (Å²) in [7, 11) is -1.03. The van der Waals surface area contributed by atoms with Crippen molar-refractivity contribution in [3.8, 4) is 5.75 Å². The second-order valence-corrected chi connectivity index (χ2v) is 8.62. The average Bonchev–Trinajstić information content (AvgIpc) is 2.76. The van der Waals surface area contributed by atoms with Crippen LogP contribution in [-0.2, 0) is 28.1 Å². The van der Waals surface area contributed by atoms with E-state index >= 15 is 0 Å². The van der Waals surface area contributed by atoms with Gasteiger partial charge in [-0.1, -0.05) is 29.8 Å². The molecule has 0 aromatic heterocycles. The highest BCUT2D eigenvalue weighted by Gasteiger charge is 2.35. The van der Waals surface area contributed by atoms with Crippen LogP contribution in [0.25, 0.3) is 0 Å². The van der Waals surface area contributed by atoms with Crippen molar-refractivity contribution in [1.29, 1.82) is 0 Å². The Bertz CT molecular complexity index is 913. The van der Waals surface area contributed by atoms with E-state index in [0.717, 1.165) is 17.2 Å². The molecule has 10 heteroatoms. The lowest BCUT2D eigenvalue weighted by Gasteiger charge is -2.24. The summed E-state index contributed by atoms with van der Waals surface area (Å²) in [5.74, 6) is -0.236. The molecule has 2 rings (SSSR count). The third-order valence-corrected chi connectivity index (χ3v) is 5.77. The third kappa shape index (κ3) is 8.01. The van der Waals surface area contributed by atoms with Crippen molar-refractivity contribution in [2.45, 2.75) is 44.3 Å². The van der Waals surface area contributed by atoms with Crippen molar-refractivity contribution in [3.63, 3.8) is 0 Å². The molecule has 0 amide bonds. The lowest BCUT2D eigenvalue weighted by atomic mass is 9.93. The molecule has 0 heterocycles. The van der Waals surface area contributed by atoms with Gasteiger partial charge in [0.1, 0.15) is 12.4 Å². The maximum Gasteiger partial charge on any atom is 0.494 e. The quantitative estimate of drug-likeness (QED) is 0.312. The molecule has 0 saturated carbocycles. The zero-order valence-electron chi connectivity index (χ0n) is 17.7. The van der Waals surface area contributed by atoms with E-state index in [2.05, 4.69) is 0 Å². The fraction of sp³-hybridized carbons (Fsp3) is 0.455. The number of rotatable bonds is 12. The first kappa shape index (κ1) is 26.6. The van der Waals surface area contributed by atoms with Crippen LogP contribution in [0.15, 0.2) is 36.4 Å². The van der Waals surface area contributed by atoms with Gasteiger partial charge in [-0.15, -0.1) is 4.52 Å². The molecule has 2 atom stereocenters. The number of hydrogen-bond donors (Lipinski definition) is 2. The second kappa shape index (κ2) is 12.0. The van der Waals surface area contributed by atoms with Crippen molar-refractivity contribution in [3.05, 3.63) is 63.7 Å². The minimum atomic E-state index is -4.58. The summed E-state index contributed by atoms with van der Waals surface area (Å²) in [6, 6.07) is 9.55. The number of aryl methyl sites for hydroxylation is 3. The number of ether oxygens (including phenoxy) is 1. The molecule has 5 nitrogen and oxygen atoms in total. The number of halogens is 4. The van der Waals surface area contributed by atoms with Gasteiger partial charge < -0.3 is 15.6 Å². The number of hydrogen-bond acceptors (Lipinski definition) is 5. The Balaban J connectivity index is 2.01. The molecule has 2 aromatic rings. The fourth-order valence-electron chi connectivity index (χ4n) is 3.09. The summed E-state index contributed by atoms with van der Waals surface area (Å²) in [6.07, 6.45) is -3.08. The summed E-state index contributed by atoms with van der Waals surface area (Å²) < 4.78 is 61.4. The first-order valence-corrected chi connectivity index (χ1v) is 11.2. The molecule has 0 bridgehead atoms. The van der Waals surface area contributed by atoms with Crippen LogP contribution in [0.2, 0.25) is 5.02 Å². The minimum absolute atomic E-state index is 0.123. The first-order valence-electron chi connectivity index (χ1n) is 10.0. The number of nitrogens with two attached hydrogens (primary N) is 1. The van der Waals surface area contributed by atoms with Gasteiger partial charge in [0.15, 0.2) is 0 Å². The van der Waals surface area contributed by atoms with Crippen LogP contribution in [0.3, 0.4) is 0 Å². The average molecular weight is 493 g/mol. The van der Waals surface area contributed by atoms with E-state index in [1.54, 1.807) is 0 Å². The Morgan fingerprint density at radius 1 is 1.12 bits per heavy atom. The molecular formula is C22H27ClF3NO4P+. The van der Waals surface area contributed by atoms with Crippen LogP contribution in [-0.4, -0.2) is 30.5 Å². The summed E-state index contributed by atoms with van der Waals surface area (Å²) >= 11 is 6.10. The summed E-state index contributed by atoms with van der Waals surface area (Å²) in [4.78, 5) is 0. The van der Waals surface area contributed by atoms with Crippen molar-refractivity contribution in [2.24, 2.45) is 5.73 Å². The summed E-state index contributed by atoms with van der Waals surface area (Å²) in [6.45, 7) is 1.41. The minimum Gasteiger partial charge on any atom is -0.493 e. The summed E-state index contributed by atoms with van der Waals surface area (Å²) in [5.41, 5.74) is 6.26. The largest absolute Gasteiger partial charge is 0.494 e. The predicted octanol–water partition coefficient (Wildman–Crippen LogP) is 5.26. The van der Waals surface area contributed by atoms with Gasteiger partial charge in [0.25, 0.3) is 0 Å². The Morgan fingerprint density at radius 2 is 1.81 bits per heavy atom. The van der Waals surface area contributed by atoms with Gasteiger partial charge in [0.2, 0.25) is 0 Å². The first-order chi connectivity index (χ1) is 15.1. The Morgan fingerprint density at radius 3 is 2.44 bits per heavy atom. The van der Waals surface area contributed by atoms with Crippen LogP contribution < -0.4 is 10.5 Å². The van der Waals surface area contributed by atoms with Crippen molar-refractivity contribution in [2.75, 3.05) is 19.8 Å². The molecule has 3 N–H and O–H groups in total. The lowest BCUT2D eigenvalue weighted by Crippen LogP contribution is -2.47. The van der Waals surface area contributed by atoms with Gasteiger partial charge in [0.05, 0.1) is 24.3 Å². The maximum absolute atomic E-state index is 13.6. The molecule has 0 radical (unpaired) electrons. The summed E-state index contributed by atoms with van der Waals surface area (Å²) in [5, 5.41) is 10.1. The SMILES string of the molecule is Cc1ccc(CCCOc2ccc(CCC(N)(CO)CO[PH+]=O)cc2C(F)(F)F)cc1Cl. The molecule has 0 aliphatic carbocycles. The van der Waals surface area contributed by atoms with Gasteiger partial charge in [0, 0.05) is 5.02 Å². The highest BCUT2D eigenvalue weighted by molar-refractivity contribution is 7.17. The molecular weight excluding hydrogens is 466 g/mol. The van der Waals surface area contributed by atoms with E-state index in [4.69, 9.17) is 26.6 Å². The molecule has 0 fully saturated rings. The normalized spacial score (nSPS) is 13.8. The Hall–Kier alpha value is -1.70. The highest BCUT2D eigenvalue weighted by atomic mass is 35.5. The number of alkyl halides is 3. The van der Waals surface area contributed by atoms with E-state index < -0.39 is 32.6 Å². The Kier molecular flexibility index (Phi) is 9.92. The standard InChI is InChI=1S/C22H27ClF3NO4P/c1-15-4-5-16(12-19(15)23)3-2-10-30-20-7-6-17(11-18(20)22(24,25)26)8-9-21(27,13-28)14-31-32-29/h4-7,11-12,28,32H,2-3,8-10,13-14,27H2,1H3/q+1. The number of aliphatic hydroxyl groups excluding tert-OH is 1. The van der Waals surface area contributed by atoms with E-state index in [-0.39, 0.29) is 31.8 Å². The molecule has 32 heavy (non-hydrogen) atoms. The van der Waals surface area contributed by atoms with Crippen LogP contribution in [0, 0.1) is 6.92 Å². The van der Waals surface area contributed by atoms with Crippen LogP contribution in [0.1, 0.15) is 35.1 Å². The lowest BCUT2D eigenvalue weighted by molar-refractivity contribution is -0.139. The van der Waals surface area contributed by atoms with Gasteiger partial charge >= 0.3 is 14.9 Å². The maximum atomic E-state index is 13.6. The molecule has 2 unspecified atom stereocenters. The van der Waals surface area contributed by atoms with Crippen LogP contribution >= 0.6 is 20.3 Å². The van der Waals surface area contributed by atoms with E-state index in [1.807, 2.05) is 25.1 Å². The zero-order chi connectivity index (χ0) is 23.8. The third-order valence-electron chi connectivity index (χ3n) is 5.10. The zero-order valence-corrected chi connectivity index (χ0v) is 19.4. The second-order valence-electron chi connectivity index (χ2n) is 7.76. The van der Waals surface area contributed by atoms with Crippen LogP contribution in [0.5, 0.6) is 5.75 Å². The number of benzene rings is 2. The van der Waals surface area contributed by atoms with Crippen LogP contribution in [0.4, 0.5) is 13.2 Å². The van der Waals surface area contributed by atoms with E-state index in [9.17, 15) is 22.8 Å². The predicted molar refractivity (Wildman–Crippen MR) is 119 cm³/mol. The molecule has 0 spiro atoms. The smallest absolute Gasteiger partial charge is 0.493 e. The van der Waals surface area contributed by atoms with E-state index in [0.29, 0.717) is 23.4 Å². The van der Waals surface area contributed by atoms with E-state index in [1.165, 1.54) is 12.1 Å². The van der Waals surface area contributed by atoms with Crippen molar-refractivity contribution < 1.29 is 32.1 Å². The van der Waals surface area contributed by atoms with Gasteiger partial charge in [-0.05, 0) is 72.1 Å². The topological polar surface area (TPSA) is 81.8 Å². The Labute approximate surface area is 192 Å². The monoisotopic (exact) mass is 492 g/mol. The van der Waals surface area contributed by atoms with Crippen molar-refractivity contribution >= 4 is 20.3 Å². The highest BCUT2D eigenvalue weighted by Crippen LogP contribution is 2.37. The molecule has 0 aliphatic heterocycles.